The van der Waals surface area contributed by atoms with E-state index in [-0.39, 0.29) is 0 Å². The van der Waals surface area contributed by atoms with E-state index in [1.807, 2.05) is 0 Å². The number of unbranched alkanes of at least 4 members (excludes halogenated alkanes) is 7. The third-order valence-electron chi connectivity index (χ3n) is 8.89. The molecule has 0 atom stereocenters. The van der Waals surface area contributed by atoms with Crippen LogP contribution in [0.3, 0.4) is 0 Å². The summed E-state index contributed by atoms with van der Waals surface area (Å²) < 4.78 is 4.66. The minimum Gasteiger partial charge on any atom is -0.361 e. The summed E-state index contributed by atoms with van der Waals surface area (Å²) in [6.07, 6.45) is 30.3. The molecular formula is C40H46N4+2. The summed E-state index contributed by atoms with van der Waals surface area (Å²) in [5, 5.41) is 2.62. The van der Waals surface area contributed by atoms with Gasteiger partial charge < -0.3 is 9.97 Å². The van der Waals surface area contributed by atoms with Crippen molar-refractivity contribution < 1.29 is 9.13 Å². The Labute approximate surface area is 262 Å². The van der Waals surface area contributed by atoms with Gasteiger partial charge in [-0.05, 0) is 60.1 Å². The van der Waals surface area contributed by atoms with Gasteiger partial charge in [-0.15, -0.1) is 0 Å². The van der Waals surface area contributed by atoms with Crippen molar-refractivity contribution in [2.45, 2.75) is 77.3 Å². The molecule has 0 saturated carbocycles. The molecule has 4 nitrogen and oxygen atoms in total. The predicted octanol–water partition coefficient (Wildman–Crippen LogP) is 9.00. The fraction of sp³-hybridized carbons (Fsp3) is 0.300. The van der Waals surface area contributed by atoms with E-state index in [2.05, 4.69) is 141 Å². The molecule has 0 amide bonds. The monoisotopic (exact) mass is 582 g/mol. The Kier molecular flexibility index (Phi) is 10.3. The Hall–Kier alpha value is -4.44. The van der Waals surface area contributed by atoms with Crippen LogP contribution in [0.5, 0.6) is 0 Å². The molecule has 0 fully saturated rings. The van der Waals surface area contributed by atoms with Gasteiger partial charge in [-0.3, -0.25) is 0 Å². The number of nitrogens with one attached hydrogen (secondary N) is 2. The lowest BCUT2D eigenvalue weighted by Gasteiger charge is -2.03. The first-order valence-corrected chi connectivity index (χ1v) is 16.6. The van der Waals surface area contributed by atoms with Gasteiger partial charge in [0, 0.05) is 71.3 Å². The maximum absolute atomic E-state index is 3.39. The lowest BCUT2D eigenvalue weighted by molar-refractivity contribution is -0.697. The minimum atomic E-state index is 1.07. The summed E-state index contributed by atoms with van der Waals surface area (Å²) in [7, 11) is 0. The van der Waals surface area contributed by atoms with E-state index < -0.39 is 0 Å². The molecule has 224 valence electrons. The Balaban J connectivity index is 0.795. The van der Waals surface area contributed by atoms with Crippen LogP contribution in [0, 0.1) is 0 Å². The molecule has 0 radical (unpaired) electrons. The number of benzene rings is 2. The van der Waals surface area contributed by atoms with Crippen LogP contribution in [0.25, 0.3) is 34.0 Å². The lowest BCUT2D eigenvalue weighted by atomic mass is 10.0. The summed E-state index contributed by atoms with van der Waals surface area (Å²) in [6.45, 7) is 2.23. The highest BCUT2D eigenvalue weighted by atomic mass is 14.9. The molecule has 0 spiro atoms. The summed E-state index contributed by atoms with van der Waals surface area (Å²) in [4.78, 5) is 6.74. The third kappa shape index (κ3) is 8.13. The quantitative estimate of drug-likeness (QED) is 0.0844. The Bertz CT molecular complexity index is 1760. The first-order valence-electron chi connectivity index (χ1n) is 16.6. The van der Waals surface area contributed by atoms with Gasteiger partial charge in [-0.25, -0.2) is 9.13 Å². The molecule has 0 aliphatic heterocycles. The fourth-order valence-corrected chi connectivity index (χ4v) is 6.22. The normalized spacial score (nSPS) is 11.7. The maximum Gasteiger partial charge on any atom is 0.169 e. The van der Waals surface area contributed by atoms with Crippen LogP contribution in [0.2, 0.25) is 0 Å². The summed E-state index contributed by atoms with van der Waals surface area (Å²) in [5.74, 6) is 0. The van der Waals surface area contributed by atoms with Crippen molar-refractivity contribution in [1.82, 2.24) is 9.97 Å². The van der Waals surface area contributed by atoms with E-state index in [1.54, 1.807) is 0 Å². The summed E-state index contributed by atoms with van der Waals surface area (Å²) in [6, 6.07) is 26.0. The maximum atomic E-state index is 3.39. The largest absolute Gasteiger partial charge is 0.361 e. The smallest absolute Gasteiger partial charge is 0.169 e. The van der Waals surface area contributed by atoms with Crippen molar-refractivity contribution in [2.75, 3.05) is 0 Å². The molecular weight excluding hydrogens is 536 g/mol. The number of nitrogens with zero attached hydrogens (tertiary/aromatic N) is 2. The van der Waals surface area contributed by atoms with Gasteiger partial charge in [0.05, 0.1) is 0 Å². The molecule has 4 heterocycles. The standard InChI is InChI=1S/C40H45N4/c1(3-5-11-25-43-27-21-33(22-28-43)17-19-35-31-41-39-15-9-7-13-37(35)39)2-4-6-12-26-44-29-23-34(24-30-44)18-20-36-32-42-40-16-10-8-14-38(36)40/h7-10,13-17,19,21-24,27-32,42H,1-6,11-12,18,20,25-26H2/q+1/p+1. The van der Waals surface area contributed by atoms with Gasteiger partial charge in [0.2, 0.25) is 0 Å². The van der Waals surface area contributed by atoms with E-state index in [1.165, 1.54) is 95.4 Å². The van der Waals surface area contributed by atoms with E-state index in [4.69, 9.17) is 0 Å². The number of pyridine rings is 2. The van der Waals surface area contributed by atoms with Crippen LogP contribution in [-0.4, -0.2) is 9.97 Å². The molecule has 0 bridgehead atoms. The molecule has 0 unspecified atom stereocenters. The van der Waals surface area contributed by atoms with Crippen LogP contribution in [0.15, 0.2) is 110 Å². The average molecular weight is 583 g/mol. The van der Waals surface area contributed by atoms with Gasteiger partial charge >= 0.3 is 0 Å². The Morgan fingerprint density at radius 2 is 1.05 bits per heavy atom. The predicted molar refractivity (Wildman–Crippen MR) is 183 cm³/mol. The highest BCUT2D eigenvalue weighted by molar-refractivity contribution is 5.91. The molecule has 6 rings (SSSR count). The van der Waals surface area contributed by atoms with E-state index in [0.717, 1.165) is 25.9 Å². The number of hydrogen-bond acceptors (Lipinski definition) is 0. The third-order valence-corrected chi connectivity index (χ3v) is 8.89. The topological polar surface area (TPSA) is 39.3 Å². The summed E-state index contributed by atoms with van der Waals surface area (Å²) >= 11 is 0. The number of aromatic amines is 2. The van der Waals surface area contributed by atoms with Gasteiger partial charge in [0.25, 0.3) is 0 Å². The lowest BCUT2D eigenvalue weighted by Crippen LogP contribution is -2.32. The second kappa shape index (κ2) is 15.3. The number of rotatable bonds is 16. The van der Waals surface area contributed by atoms with Gasteiger partial charge in [0.1, 0.15) is 13.1 Å². The number of aryl methyl sites for hydroxylation is 4. The Morgan fingerprint density at radius 3 is 1.73 bits per heavy atom. The van der Waals surface area contributed by atoms with E-state index >= 15 is 0 Å². The fourth-order valence-electron chi connectivity index (χ4n) is 6.22. The second-order valence-corrected chi connectivity index (χ2v) is 12.1. The number of aromatic nitrogens is 4. The number of H-pyrrole nitrogens is 2. The van der Waals surface area contributed by atoms with Crippen LogP contribution in [-0.2, 0) is 25.9 Å². The van der Waals surface area contributed by atoms with Crippen molar-refractivity contribution >= 4 is 34.0 Å². The first-order chi connectivity index (χ1) is 21.8. The Morgan fingerprint density at radius 1 is 0.500 bits per heavy atom. The molecule has 4 heteroatoms. The van der Waals surface area contributed by atoms with Crippen molar-refractivity contribution in [3.05, 3.63) is 132 Å². The van der Waals surface area contributed by atoms with Crippen LogP contribution < -0.4 is 9.13 Å². The average Bonchev–Trinajstić information content (AvgIpc) is 3.69. The van der Waals surface area contributed by atoms with Gasteiger partial charge in [0.15, 0.2) is 24.8 Å². The number of para-hydroxylation sites is 2. The van der Waals surface area contributed by atoms with Gasteiger partial charge in [-0.2, -0.15) is 0 Å². The zero-order valence-electron chi connectivity index (χ0n) is 25.9. The summed E-state index contributed by atoms with van der Waals surface area (Å²) in [5.41, 5.74) is 7.71. The van der Waals surface area contributed by atoms with Crippen molar-refractivity contribution in [1.29, 1.82) is 0 Å². The van der Waals surface area contributed by atoms with Crippen LogP contribution in [0.1, 0.15) is 73.6 Å². The van der Waals surface area contributed by atoms with Crippen molar-refractivity contribution in [3.63, 3.8) is 0 Å². The second-order valence-electron chi connectivity index (χ2n) is 12.1. The van der Waals surface area contributed by atoms with Crippen molar-refractivity contribution in [2.24, 2.45) is 0 Å². The van der Waals surface area contributed by atoms with Crippen molar-refractivity contribution in [3.8, 4) is 0 Å². The zero-order chi connectivity index (χ0) is 29.8. The van der Waals surface area contributed by atoms with Crippen LogP contribution in [0.4, 0.5) is 0 Å². The van der Waals surface area contributed by atoms with E-state index in [0.29, 0.717) is 0 Å². The molecule has 4 aromatic heterocycles. The molecule has 44 heavy (non-hydrogen) atoms. The first kappa shape index (κ1) is 29.6. The molecule has 0 saturated heterocycles. The van der Waals surface area contributed by atoms with Crippen LogP contribution >= 0.6 is 0 Å². The highest BCUT2D eigenvalue weighted by Gasteiger charge is 2.06. The highest BCUT2D eigenvalue weighted by Crippen LogP contribution is 2.21. The molecule has 6 aromatic rings. The van der Waals surface area contributed by atoms with E-state index in [9.17, 15) is 0 Å². The molecule has 0 aliphatic rings. The molecule has 2 N–H and O–H groups in total. The number of fused-ring (bicyclic) bond motifs is 2. The zero-order valence-corrected chi connectivity index (χ0v) is 25.9. The SMILES string of the molecule is C(=C\c1c[nH]c2ccccc12)/c1cc[n+](CCCCCCCCCC[n+]2ccc(CCc3c[nH]c4ccccc34)cc2)cc1. The molecule has 0 aliphatic carbocycles. The molecule has 2 aromatic carbocycles. The number of hydrogen-bond donors (Lipinski definition) is 2. The minimum absolute atomic E-state index is 1.07. The van der Waals surface area contributed by atoms with Gasteiger partial charge in [-0.1, -0.05) is 74.2 Å².